The van der Waals surface area contributed by atoms with Crippen molar-refractivity contribution in [1.82, 2.24) is 0 Å². The van der Waals surface area contributed by atoms with E-state index < -0.39 is 0 Å². The van der Waals surface area contributed by atoms with E-state index in [4.69, 9.17) is 0 Å². The topological polar surface area (TPSA) is 17.1 Å². The molecule has 0 N–H and O–H groups in total. The highest BCUT2D eigenvalue weighted by Gasteiger charge is 1.95. The molecule has 1 aromatic rings. The zero-order valence-electron chi connectivity index (χ0n) is 9.90. The number of benzene rings is 1. The van der Waals surface area contributed by atoms with E-state index in [0.29, 0.717) is 6.42 Å². The second kappa shape index (κ2) is 7.29. The molecule has 0 amide bonds. The van der Waals surface area contributed by atoms with Crippen LogP contribution < -0.4 is 0 Å². The van der Waals surface area contributed by atoms with Crippen LogP contribution in [0.25, 0.3) is 0 Å². The highest BCUT2D eigenvalue weighted by molar-refractivity contribution is 7.99. The quantitative estimate of drug-likeness (QED) is 0.544. The van der Waals surface area contributed by atoms with E-state index in [-0.39, 0.29) is 5.78 Å². The highest BCUT2D eigenvalue weighted by Crippen LogP contribution is 2.18. The van der Waals surface area contributed by atoms with Crippen LogP contribution in [0.4, 0.5) is 0 Å². The van der Waals surface area contributed by atoms with Crippen LogP contribution in [-0.2, 0) is 4.79 Å². The molecule has 0 fully saturated rings. The fourth-order valence-corrected chi connectivity index (χ4v) is 2.18. The second-order valence-electron chi connectivity index (χ2n) is 3.88. The molecule has 0 atom stereocenters. The van der Waals surface area contributed by atoms with Gasteiger partial charge in [0.15, 0.2) is 0 Å². The Balaban J connectivity index is 2.28. The first-order chi connectivity index (χ1) is 7.68. The number of hydrogen-bond donors (Lipinski definition) is 0. The van der Waals surface area contributed by atoms with Crippen molar-refractivity contribution < 1.29 is 4.79 Å². The zero-order chi connectivity index (χ0) is 11.8. The smallest absolute Gasteiger partial charge is 0.130 e. The molecule has 0 radical (unpaired) electrons. The van der Waals surface area contributed by atoms with E-state index >= 15 is 0 Å². The molecule has 16 heavy (non-hydrogen) atoms. The minimum absolute atomic E-state index is 0.267. The first kappa shape index (κ1) is 13.0. The molecule has 0 spiro atoms. The molecule has 0 saturated heterocycles. The average Bonchev–Trinajstić information content (AvgIpc) is 2.28. The van der Waals surface area contributed by atoms with Gasteiger partial charge >= 0.3 is 0 Å². The van der Waals surface area contributed by atoms with Gasteiger partial charge in [0.1, 0.15) is 5.78 Å². The Morgan fingerprint density at radius 3 is 2.50 bits per heavy atom. The standard InChI is InChI=1S/C14H18OS/c1-12(8-9-13(2)15)10-11-16-14-6-4-3-5-7-14/h3-7,10H,8-9,11H2,1-2H3. The summed E-state index contributed by atoms with van der Waals surface area (Å²) in [4.78, 5) is 12.1. The van der Waals surface area contributed by atoms with Crippen molar-refractivity contribution in [2.75, 3.05) is 5.75 Å². The number of thioether (sulfide) groups is 1. The highest BCUT2D eigenvalue weighted by atomic mass is 32.2. The third-order valence-electron chi connectivity index (χ3n) is 2.30. The Labute approximate surface area is 102 Å². The van der Waals surface area contributed by atoms with Gasteiger partial charge in [-0.25, -0.2) is 0 Å². The molecule has 0 aliphatic rings. The van der Waals surface area contributed by atoms with Crippen molar-refractivity contribution in [3.63, 3.8) is 0 Å². The molecule has 0 heterocycles. The van der Waals surface area contributed by atoms with E-state index in [0.717, 1.165) is 12.2 Å². The van der Waals surface area contributed by atoms with Gasteiger partial charge in [0.2, 0.25) is 0 Å². The van der Waals surface area contributed by atoms with Crippen LogP contribution >= 0.6 is 11.8 Å². The maximum absolute atomic E-state index is 10.8. The molecule has 0 aromatic heterocycles. The van der Waals surface area contributed by atoms with Gasteiger partial charge in [-0.05, 0) is 32.4 Å². The van der Waals surface area contributed by atoms with Crippen molar-refractivity contribution in [2.45, 2.75) is 31.6 Å². The summed E-state index contributed by atoms with van der Waals surface area (Å²) in [5.74, 6) is 1.25. The summed E-state index contributed by atoms with van der Waals surface area (Å²) in [7, 11) is 0. The first-order valence-corrected chi connectivity index (χ1v) is 6.50. The molecule has 86 valence electrons. The summed E-state index contributed by atoms with van der Waals surface area (Å²) in [6.07, 6.45) is 3.77. The molecular weight excluding hydrogens is 216 g/mol. The lowest BCUT2D eigenvalue weighted by molar-refractivity contribution is -0.116. The summed E-state index contributed by atoms with van der Waals surface area (Å²) in [5.41, 5.74) is 1.30. The predicted octanol–water partition coefficient (Wildman–Crippen LogP) is 4.09. The Kier molecular flexibility index (Phi) is 5.94. The molecule has 0 saturated carbocycles. The van der Waals surface area contributed by atoms with Crippen molar-refractivity contribution in [3.8, 4) is 0 Å². The van der Waals surface area contributed by atoms with Crippen LogP contribution in [0.5, 0.6) is 0 Å². The first-order valence-electron chi connectivity index (χ1n) is 5.51. The Bertz CT molecular complexity index is 354. The fourth-order valence-electron chi connectivity index (χ4n) is 1.27. The minimum atomic E-state index is 0.267. The number of hydrogen-bond acceptors (Lipinski definition) is 2. The van der Waals surface area contributed by atoms with Gasteiger partial charge in [0.05, 0.1) is 0 Å². The average molecular weight is 234 g/mol. The Morgan fingerprint density at radius 1 is 1.19 bits per heavy atom. The molecular formula is C14H18OS. The van der Waals surface area contributed by atoms with E-state index in [1.54, 1.807) is 6.92 Å². The number of rotatable bonds is 6. The van der Waals surface area contributed by atoms with Crippen LogP contribution in [0, 0.1) is 0 Å². The lowest BCUT2D eigenvalue weighted by atomic mass is 10.1. The van der Waals surface area contributed by atoms with Gasteiger partial charge in [-0.3, -0.25) is 0 Å². The van der Waals surface area contributed by atoms with Gasteiger partial charge < -0.3 is 4.79 Å². The normalized spacial score (nSPS) is 11.5. The SMILES string of the molecule is CC(=O)CCC(C)=CCSc1ccccc1. The number of Topliss-reactive ketones (excluding diaryl/α,β-unsaturated/α-hetero) is 1. The van der Waals surface area contributed by atoms with Crippen molar-refractivity contribution in [3.05, 3.63) is 42.0 Å². The fraction of sp³-hybridized carbons (Fsp3) is 0.357. The van der Waals surface area contributed by atoms with E-state index in [9.17, 15) is 4.79 Å². The lowest BCUT2D eigenvalue weighted by Crippen LogP contribution is -1.90. The summed E-state index contributed by atoms with van der Waals surface area (Å²) in [6, 6.07) is 10.4. The Hall–Kier alpha value is -1.02. The van der Waals surface area contributed by atoms with E-state index in [1.807, 2.05) is 17.8 Å². The maximum Gasteiger partial charge on any atom is 0.130 e. The number of ketones is 1. The van der Waals surface area contributed by atoms with Crippen molar-refractivity contribution in [2.24, 2.45) is 0 Å². The van der Waals surface area contributed by atoms with Crippen LogP contribution in [0.3, 0.4) is 0 Å². The third kappa shape index (κ3) is 5.76. The molecule has 2 heteroatoms. The van der Waals surface area contributed by atoms with Gasteiger partial charge in [-0.2, -0.15) is 0 Å². The molecule has 0 aliphatic carbocycles. The number of carbonyl (C=O) groups is 1. The molecule has 0 bridgehead atoms. The number of allylic oxidation sites excluding steroid dienone is 1. The van der Waals surface area contributed by atoms with Crippen LogP contribution in [0.1, 0.15) is 26.7 Å². The molecule has 0 aliphatic heterocycles. The van der Waals surface area contributed by atoms with Gasteiger partial charge in [0.25, 0.3) is 0 Å². The molecule has 1 aromatic carbocycles. The van der Waals surface area contributed by atoms with E-state index in [1.165, 1.54) is 10.5 Å². The van der Waals surface area contributed by atoms with Crippen LogP contribution in [-0.4, -0.2) is 11.5 Å². The monoisotopic (exact) mass is 234 g/mol. The summed E-state index contributed by atoms with van der Waals surface area (Å²) >= 11 is 1.82. The van der Waals surface area contributed by atoms with Gasteiger partial charge in [0, 0.05) is 17.1 Å². The van der Waals surface area contributed by atoms with Gasteiger partial charge in [-0.1, -0.05) is 29.8 Å². The summed E-state index contributed by atoms with van der Waals surface area (Å²) < 4.78 is 0. The maximum atomic E-state index is 10.8. The third-order valence-corrected chi connectivity index (χ3v) is 3.24. The zero-order valence-corrected chi connectivity index (χ0v) is 10.7. The summed E-state index contributed by atoms with van der Waals surface area (Å²) in [5, 5.41) is 0. The van der Waals surface area contributed by atoms with Crippen LogP contribution in [0.2, 0.25) is 0 Å². The largest absolute Gasteiger partial charge is 0.300 e. The predicted molar refractivity (Wildman–Crippen MR) is 70.8 cm³/mol. The molecule has 0 unspecified atom stereocenters. The van der Waals surface area contributed by atoms with Gasteiger partial charge in [-0.15, -0.1) is 11.8 Å². The number of carbonyl (C=O) groups excluding carboxylic acids is 1. The van der Waals surface area contributed by atoms with Crippen molar-refractivity contribution in [1.29, 1.82) is 0 Å². The molecule has 1 nitrogen and oxygen atoms in total. The molecule has 1 rings (SSSR count). The summed E-state index contributed by atoms with van der Waals surface area (Å²) in [6.45, 7) is 3.74. The lowest BCUT2D eigenvalue weighted by Gasteiger charge is -2.00. The Morgan fingerprint density at radius 2 is 1.88 bits per heavy atom. The van der Waals surface area contributed by atoms with Crippen LogP contribution in [0.15, 0.2) is 46.9 Å². The van der Waals surface area contributed by atoms with Crippen molar-refractivity contribution >= 4 is 17.5 Å². The second-order valence-corrected chi connectivity index (χ2v) is 4.97. The minimum Gasteiger partial charge on any atom is -0.300 e. The van der Waals surface area contributed by atoms with E-state index in [2.05, 4.69) is 37.3 Å².